The highest BCUT2D eigenvalue weighted by molar-refractivity contribution is 5.92. The fourth-order valence-corrected chi connectivity index (χ4v) is 3.20. The van der Waals surface area contributed by atoms with Gasteiger partial charge in [0.2, 0.25) is 11.9 Å². The number of fused-ring (bicyclic) bond motifs is 1. The van der Waals surface area contributed by atoms with Crippen LogP contribution < -0.4 is 10.9 Å². The maximum absolute atomic E-state index is 12.7. The molecule has 27 heavy (non-hydrogen) atoms. The zero-order valence-electron chi connectivity index (χ0n) is 16.1. The first-order chi connectivity index (χ1) is 12.9. The Morgan fingerprint density at radius 1 is 1.30 bits per heavy atom. The molecular weight excluding hydrogens is 346 g/mol. The van der Waals surface area contributed by atoms with E-state index in [2.05, 4.69) is 39.3 Å². The van der Waals surface area contributed by atoms with Crippen LogP contribution in [0.3, 0.4) is 0 Å². The number of hydrogen-bond acceptors (Lipinski definition) is 5. The third kappa shape index (κ3) is 3.76. The summed E-state index contributed by atoms with van der Waals surface area (Å²) in [7, 11) is 1.72. The SMILES string of the molecule is CCCC(CCC)C(=O)Nc1cc(C)nn1-c1nc2c(cnn2C)c(=O)[nH]1. The molecule has 1 amide bonds. The molecule has 0 atom stereocenters. The van der Waals surface area contributed by atoms with E-state index in [9.17, 15) is 9.59 Å². The Labute approximate surface area is 156 Å². The second-order valence-electron chi connectivity index (χ2n) is 6.74. The fraction of sp³-hybridized carbons (Fsp3) is 0.500. The number of aryl methyl sites for hydroxylation is 2. The summed E-state index contributed by atoms with van der Waals surface area (Å²) in [6.45, 7) is 5.96. The lowest BCUT2D eigenvalue weighted by atomic mass is 9.97. The molecule has 3 rings (SSSR count). The minimum atomic E-state index is -0.302. The van der Waals surface area contributed by atoms with Crippen molar-refractivity contribution >= 4 is 22.8 Å². The minimum Gasteiger partial charge on any atom is -0.310 e. The van der Waals surface area contributed by atoms with Crippen molar-refractivity contribution in [3.05, 3.63) is 28.3 Å². The first-order valence-corrected chi connectivity index (χ1v) is 9.24. The number of hydrogen-bond donors (Lipinski definition) is 2. The molecule has 0 spiro atoms. The van der Waals surface area contributed by atoms with Crippen LogP contribution in [-0.2, 0) is 11.8 Å². The van der Waals surface area contributed by atoms with Crippen molar-refractivity contribution in [3.63, 3.8) is 0 Å². The normalized spacial score (nSPS) is 11.4. The lowest BCUT2D eigenvalue weighted by Gasteiger charge is -2.15. The molecule has 9 nitrogen and oxygen atoms in total. The number of aromatic nitrogens is 6. The first kappa shape index (κ1) is 18.8. The van der Waals surface area contributed by atoms with Gasteiger partial charge in [-0.1, -0.05) is 26.7 Å². The molecule has 0 unspecified atom stereocenters. The van der Waals surface area contributed by atoms with E-state index in [1.165, 1.54) is 15.6 Å². The fourth-order valence-electron chi connectivity index (χ4n) is 3.20. The van der Waals surface area contributed by atoms with Crippen LogP contribution in [0.1, 0.15) is 45.2 Å². The van der Waals surface area contributed by atoms with Gasteiger partial charge in [-0.15, -0.1) is 0 Å². The van der Waals surface area contributed by atoms with Crippen LogP contribution in [0.5, 0.6) is 0 Å². The van der Waals surface area contributed by atoms with Crippen molar-refractivity contribution < 1.29 is 4.79 Å². The predicted octanol–water partition coefficient (Wildman–Crippen LogP) is 2.31. The van der Waals surface area contributed by atoms with Crippen LogP contribution in [0.2, 0.25) is 0 Å². The van der Waals surface area contributed by atoms with Gasteiger partial charge in [0.15, 0.2) is 5.65 Å². The molecule has 0 aliphatic heterocycles. The Bertz CT molecular complexity index is 1010. The number of aromatic amines is 1. The van der Waals surface area contributed by atoms with Crippen LogP contribution >= 0.6 is 0 Å². The van der Waals surface area contributed by atoms with Crippen LogP contribution in [0, 0.1) is 12.8 Å². The van der Waals surface area contributed by atoms with Crippen LogP contribution in [0.4, 0.5) is 5.82 Å². The van der Waals surface area contributed by atoms with Crippen molar-refractivity contribution in [1.29, 1.82) is 0 Å². The average molecular weight is 371 g/mol. The van der Waals surface area contributed by atoms with Gasteiger partial charge >= 0.3 is 0 Å². The van der Waals surface area contributed by atoms with Crippen LogP contribution in [0.15, 0.2) is 17.1 Å². The quantitative estimate of drug-likeness (QED) is 0.662. The third-order valence-corrected chi connectivity index (χ3v) is 4.52. The van der Waals surface area contributed by atoms with E-state index in [0.717, 1.165) is 25.7 Å². The van der Waals surface area contributed by atoms with Gasteiger partial charge in [-0.2, -0.15) is 19.9 Å². The molecule has 0 radical (unpaired) electrons. The molecule has 0 fully saturated rings. The van der Waals surface area contributed by atoms with E-state index in [1.54, 1.807) is 13.1 Å². The highest BCUT2D eigenvalue weighted by Gasteiger charge is 2.20. The van der Waals surface area contributed by atoms with Crippen molar-refractivity contribution in [2.45, 2.75) is 46.5 Å². The highest BCUT2D eigenvalue weighted by Crippen LogP contribution is 2.19. The van der Waals surface area contributed by atoms with Gasteiger partial charge in [-0.05, 0) is 19.8 Å². The maximum atomic E-state index is 12.7. The summed E-state index contributed by atoms with van der Waals surface area (Å²) in [5, 5.41) is 11.8. The Hall–Kier alpha value is -2.97. The zero-order chi connectivity index (χ0) is 19.6. The standard InChI is InChI=1S/C18H25N7O2/c1-5-7-12(8-6-2)16(26)20-14-9-11(3)23-25(14)18-21-15-13(17(27)22-18)10-19-24(15)4/h9-10,12H,5-8H2,1-4H3,(H,20,26)(H,21,22,27). The van der Waals surface area contributed by atoms with Gasteiger partial charge in [0, 0.05) is 19.0 Å². The Morgan fingerprint density at radius 2 is 2.00 bits per heavy atom. The zero-order valence-corrected chi connectivity index (χ0v) is 16.1. The lowest BCUT2D eigenvalue weighted by Crippen LogP contribution is -2.25. The Kier molecular flexibility index (Phi) is 5.38. The number of nitrogens with zero attached hydrogens (tertiary/aromatic N) is 5. The number of carbonyl (C=O) groups excluding carboxylic acids is 1. The van der Waals surface area contributed by atoms with Crippen LogP contribution in [-0.4, -0.2) is 35.4 Å². The number of amides is 1. The highest BCUT2D eigenvalue weighted by atomic mass is 16.2. The van der Waals surface area contributed by atoms with Crippen molar-refractivity contribution in [1.82, 2.24) is 29.5 Å². The number of rotatable bonds is 7. The summed E-state index contributed by atoms with van der Waals surface area (Å²) < 4.78 is 2.98. The van der Waals surface area contributed by atoms with E-state index < -0.39 is 0 Å². The van der Waals surface area contributed by atoms with Gasteiger partial charge < -0.3 is 5.32 Å². The third-order valence-electron chi connectivity index (χ3n) is 4.52. The molecule has 2 N–H and O–H groups in total. The second-order valence-corrected chi connectivity index (χ2v) is 6.74. The molecule has 0 aromatic carbocycles. The Balaban J connectivity index is 1.98. The molecule has 3 aromatic rings. The number of H-pyrrole nitrogens is 1. The van der Waals surface area contributed by atoms with Gasteiger partial charge in [0.1, 0.15) is 11.2 Å². The summed E-state index contributed by atoms with van der Waals surface area (Å²) in [6.07, 6.45) is 5.04. The topological polar surface area (TPSA) is 110 Å². The van der Waals surface area contributed by atoms with E-state index in [4.69, 9.17) is 0 Å². The summed E-state index contributed by atoms with van der Waals surface area (Å²) in [6, 6.07) is 1.76. The van der Waals surface area contributed by atoms with E-state index in [1.807, 2.05) is 6.92 Å². The van der Waals surface area contributed by atoms with Gasteiger partial charge in [-0.25, -0.2) is 0 Å². The Morgan fingerprint density at radius 3 is 2.67 bits per heavy atom. The van der Waals surface area contributed by atoms with Gasteiger partial charge in [0.05, 0.1) is 11.9 Å². The van der Waals surface area contributed by atoms with Crippen molar-refractivity contribution in [2.75, 3.05) is 5.32 Å². The summed E-state index contributed by atoms with van der Waals surface area (Å²) in [5.41, 5.74) is 0.859. The van der Waals surface area contributed by atoms with Gasteiger partial charge in [-0.3, -0.25) is 19.3 Å². The number of anilines is 1. The van der Waals surface area contributed by atoms with Crippen molar-refractivity contribution in [2.24, 2.45) is 13.0 Å². The number of carbonyl (C=O) groups is 1. The summed E-state index contributed by atoms with van der Waals surface area (Å²) >= 11 is 0. The maximum Gasteiger partial charge on any atom is 0.263 e. The second kappa shape index (κ2) is 7.73. The molecule has 3 heterocycles. The monoisotopic (exact) mass is 371 g/mol. The molecule has 0 aliphatic rings. The van der Waals surface area contributed by atoms with E-state index in [0.29, 0.717) is 22.5 Å². The van der Waals surface area contributed by atoms with E-state index in [-0.39, 0.29) is 23.3 Å². The largest absolute Gasteiger partial charge is 0.310 e. The lowest BCUT2D eigenvalue weighted by molar-refractivity contribution is -0.120. The molecule has 3 aromatic heterocycles. The smallest absolute Gasteiger partial charge is 0.263 e. The van der Waals surface area contributed by atoms with Crippen LogP contribution in [0.25, 0.3) is 17.0 Å². The molecule has 0 saturated heterocycles. The molecule has 0 saturated carbocycles. The minimum absolute atomic E-state index is 0.0381. The predicted molar refractivity (Wildman–Crippen MR) is 103 cm³/mol. The molecule has 0 bridgehead atoms. The molecule has 144 valence electrons. The van der Waals surface area contributed by atoms with E-state index >= 15 is 0 Å². The molecule has 0 aliphatic carbocycles. The molecule has 9 heteroatoms. The number of nitrogens with one attached hydrogen (secondary N) is 2. The first-order valence-electron chi connectivity index (χ1n) is 9.24. The van der Waals surface area contributed by atoms with Crippen molar-refractivity contribution in [3.8, 4) is 5.95 Å². The summed E-state index contributed by atoms with van der Waals surface area (Å²) in [5.74, 6) is 0.639. The van der Waals surface area contributed by atoms with Gasteiger partial charge in [0.25, 0.3) is 5.56 Å². The molecular formula is C18H25N7O2. The average Bonchev–Trinajstić information content (AvgIpc) is 3.18. The summed E-state index contributed by atoms with van der Waals surface area (Å²) in [4.78, 5) is 32.2.